The van der Waals surface area contributed by atoms with E-state index < -0.39 is 0 Å². The van der Waals surface area contributed by atoms with Gasteiger partial charge in [-0.25, -0.2) is 4.98 Å². The van der Waals surface area contributed by atoms with Gasteiger partial charge >= 0.3 is 0 Å². The molecule has 1 aromatic carbocycles. The van der Waals surface area contributed by atoms with Crippen LogP contribution in [-0.4, -0.2) is 27.7 Å². The van der Waals surface area contributed by atoms with E-state index in [9.17, 15) is 4.79 Å². The topological polar surface area (TPSA) is 49.0 Å². The van der Waals surface area contributed by atoms with Crippen molar-refractivity contribution in [3.8, 4) is 0 Å². The van der Waals surface area contributed by atoms with E-state index in [1.54, 1.807) is 0 Å². The smallest absolute Gasteiger partial charge is 0.256 e. The molecule has 0 radical (unpaired) electrons. The number of aromatic amines is 1. The number of fused-ring (bicyclic) bond motifs is 1. The second kappa shape index (κ2) is 7.99. The van der Waals surface area contributed by atoms with Crippen LogP contribution in [0, 0.1) is 0 Å². The summed E-state index contributed by atoms with van der Waals surface area (Å²) in [6, 6.07) is 8.92. The monoisotopic (exact) mass is 343 g/mol. The van der Waals surface area contributed by atoms with Gasteiger partial charge in [-0.1, -0.05) is 49.4 Å². The van der Waals surface area contributed by atoms with Gasteiger partial charge in [0, 0.05) is 26.1 Å². The van der Waals surface area contributed by atoms with Crippen LogP contribution >= 0.6 is 11.8 Å². The Balaban J connectivity index is 1.66. The van der Waals surface area contributed by atoms with Crippen molar-refractivity contribution < 1.29 is 0 Å². The van der Waals surface area contributed by atoms with Gasteiger partial charge in [0.05, 0.1) is 11.3 Å². The van der Waals surface area contributed by atoms with Gasteiger partial charge < -0.3 is 4.98 Å². The van der Waals surface area contributed by atoms with E-state index >= 15 is 0 Å². The highest BCUT2D eigenvalue weighted by Crippen LogP contribution is 2.18. The van der Waals surface area contributed by atoms with Gasteiger partial charge in [0.25, 0.3) is 5.56 Å². The van der Waals surface area contributed by atoms with Crippen molar-refractivity contribution >= 4 is 11.8 Å². The molecule has 1 aromatic heterocycles. The molecule has 2 aromatic rings. The average molecular weight is 343 g/mol. The van der Waals surface area contributed by atoms with Gasteiger partial charge in [-0.05, 0) is 30.2 Å². The first-order valence-electron chi connectivity index (χ1n) is 8.66. The molecule has 3 rings (SSSR count). The average Bonchev–Trinajstić information content (AvgIpc) is 2.61. The van der Waals surface area contributed by atoms with Crippen molar-refractivity contribution in [3.63, 3.8) is 0 Å². The number of aromatic nitrogens is 2. The van der Waals surface area contributed by atoms with Crippen LogP contribution in [0.4, 0.5) is 0 Å². The molecule has 0 unspecified atom stereocenters. The maximum absolute atomic E-state index is 12.3. The Labute approximate surface area is 147 Å². The van der Waals surface area contributed by atoms with Crippen LogP contribution in [0.2, 0.25) is 0 Å². The van der Waals surface area contributed by atoms with E-state index in [1.165, 1.54) is 35.7 Å². The molecule has 1 N–H and O–H groups in total. The molecule has 128 valence electrons. The van der Waals surface area contributed by atoms with Crippen LogP contribution < -0.4 is 5.56 Å². The second-order valence-electron chi connectivity index (χ2n) is 6.38. The number of nitrogens with zero attached hydrogens (tertiary/aromatic N) is 2. The van der Waals surface area contributed by atoms with E-state index in [0.29, 0.717) is 6.54 Å². The third-order valence-electron chi connectivity index (χ3n) is 4.57. The highest BCUT2D eigenvalue weighted by Gasteiger charge is 2.21. The van der Waals surface area contributed by atoms with Crippen molar-refractivity contribution in [2.45, 2.75) is 50.9 Å². The number of hydrogen-bond acceptors (Lipinski definition) is 4. The number of hydrogen-bond donors (Lipinski definition) is 1. The SMILES string of the molecule is CCCCc1ccc(CN2CCc3nc(SC)[nH]c(=O)c3C2)cc1. The molecule has 0 spiro atoms. The zero-order valence-electron chi connectivity index (χ0n) is 14.5. The molecule has 0 bridgehead atoms. The number of nitrogens with one attached hydrogen (secondary N) is 1. The Kier molecular flexibility index (Phi) is 5.74. The van der Waals surface area contributed by atoms with Gasteiger partial charge in [-0.2, -0.15) is 0 Å². The number of benzene rings is 1. The molecular weight excluding hydrogens is 318 g/mol. The van der Waals surface area contributed by atoms with Crippen molar-refractivity contribution in [2.75, 3.05) is 12.8 Å². The summed E-state index contributed by atoms with van der Waals surface area (Å²) in [4.78, 5) is 22.0. The first-order chi connectivity index (χ1) is 11.7. The van der Waals surface area contributed by atoms with Crippen LogP contribution in [0.1, 0.15) is 42.1 Å². The van der Waals surface area contributed by atoms with Crippen molar-refractivity contribution in [1.29, 1.82) is 0 Å². The normalized spacial score (nSPS) is 14.6. The largest absolute Gasteiger partial charge is 0.301 e. The number of H-pyrrole nitrogens is 1. The molecule has 1 aliphatic rings. The number of rotatable bonds is 6. The van der Waals surface area contributed by atoms with Crippen molar-refractivity contribution in [1.82, 2.24) is 14.9 Å². The minimum atomic E-state index is 0.0176. The Morgan fingerprint density at radius 2 is 2.00 bits per heavy atom. The Hall–Kier alpha value is -1.59. The third-order valence-corrected chi connectivity index (χ3v) is 5.15. The van der Waals surface area contributed by atoms with E-state index in [1.807, 2.05) is 6.26 Å². The molecule has 4 nitrogen and oxygen atoms in total. The molecule has 1 aliphatic heterocycles. The number of thioether (sulfide) groups is 1. The summed E-state index contributed by atoms with van der Waals surface area (Å²) < 4.78 is 0. The first kappa shape index (κ1) is 17.2. The van der Waals surface area contributed by atoms with E-state index in [2.05, 4.69) is 46.1 Å². The van der Waals surface area contributed by atoms with Crippen LogP contribution in [0.15, 0.2) is 34.2 Å². The Morgan fingerprint density at radius 1 is 1.25 bits per heavy atom. The zero-order chi connectivity index (χ0) is 16.9. The lowest BCUT2D eigenvalue weighted by atomic mass is 10.0. The number of aryl methyl sites for hydroxylation is 1. The number of unbranched alkanes of at least 4 members (excludes halogenated alkanes) is 1. The molecule has 0 saturated carbocycles. The minimum absolute atomic E-state index is 0.0176. The summed E-state index contributed by atoms with van der Waals surface area (Å²) in [5.41, 5.74) is 4.54. The molecule has 2 heterocycles. The van der Waals surface area contributed by atoms with Gasteiger partial charge in [0.15, 0.2) is 5.16 Å². The first-order valence-corrected chi connectivity index (χ1v) is 9.88. The Morgan fingerprint density at radius 3 is 2.71 bits per heavy atom. The molecule has 0 saturated heterocycles. The Bertz CT molecular complexity index is 739. The summed E-state index contributed by atoms with van der Waals surface area (Å²) in [5.74, 6) is 0. The fraction of sp³-hybridized carbons (Fsp3) is 0.474. The van der Waals surface area contributed by atoms with E-state index in [-0.39, 0.29) is 5.56 Å². The lowest BCUT2D eigenvalue weighted by molar-refractivity contribution is 0.241. The molecule has 0 fully saturated rings. The summed E-state index contributed by atoms with van der Waals surface area (Å²) in [5, 5.41) is 0.717. The summed E-state index contributed by atoms with van der Waals surface area (Å²) in [6.07, 6.45) is 6.42. The highest BCUT2D eigenvalue weighted by molar-refractivity contribution is 7.98. The summed E-state index contributed by atoms with van der Waals surface area (Å²) in [6.45, 7) is 4.75. The van der Waals surface area contributed by atoms with E-state index in [0.717, 1.165) is 42.3 Å². The van der Waals surface area contributed by atoms with Crippen LogP contribution in [0.5, 0.6) is 0 Å². The lowest BCUT2D eigenvalue weighted by Crippen LogP contribution is -2.35. The molecular formula is C19H25N3OS. The second-order valence-corrected chi connectivity index (χ2v) is 7.18. The van der Waals surface area contributed by atoms with Crippen LogP contribution in [0.3, 0.4) is 0 Å². The van der Waals surface area contributed by atoms with Gasteiger partial charge in [0.2, 0.25) is 0 Å². The van der Waals surface area contributed by atoms with Gasteiger partial charge in [-0.3, -0.25) is 9.69 Å². The van der Waals surface area contributed by atoms with Crippen LogP contribution in [0.25, 0.3) is 0 Å². The minimum Gasteiger partial charge on any atom is -0.301 e. The predicted octanol–water partition coefficient (Wildman–Crippen LogP) is 3.39. The predicted molar refractivity (Wildman–Crippen MR) is 99.5 cm³/mol. The fourth-order valence-corrected chi connectivity index (χ4v) is 3.54. The van der Waals surface area contributed by atoms with Crippen LogP contribution in [-0.2, 0) is 25.9 Å². The quantitative estimate of drug-likeness (QED) is 0.645. The summed E-state index contributed by atoms with van der Waals surface area (Å²) >= 11 is 1.49. The summed E-state index contributed by atoms with van der Waals surface area (Å²) in [7, 11) is 0. The van der Waals surface area contributed by atoms with Crippen molar-refractivity contribution in [3.05, 3.63) is 57.0 Å². The molecule has 0 amide bonds. The standard InChI is InChI=1S/C19H25N3OS/c1-3-4-5-14-6-8-15(9-7-14)12-22-11-10-17-16(13-22)18(23)21-19(20-17)24-2/h6-9H,3-5,10-13H2,1-2H3,(H,20,21,23). The zero-order valence-corrected chi connectivity index (χ0v) is 15.3. The third kappa shape index (κ3) is 4.08. The lowest BCUT2D eigenvalue weighted by Gasteiger charge is -2.27. The van der Waals surface area contributed by atoms with Gasteiger partial charge in [0.1, 0.15) is 0 Å². The molecule has 5 heteroatoms. The highest BCUT2D eigenvalue weighted by atomic mass is 32.2. The fourth-order valence-electron chi connectivity index (χ4n) is 3.14. The van der Waals surface area contributed by atoms with Gasteiger partial charge in [-0.15, -0.1) is 0 Å². The maximum Gasteiger partial charge on any atom is 0.256 e. The molecule has 24 heavy (non-hydrogen) atoms. The molecule has 0 aliphatic carbocycles. The van der Waals surface area contributed by atoms with Crippen molar-refractivity contribution in [2.24, 2.45) is 0 Å². The molecule has 0 atom stereocenters. The maximum atomic E-state index is 12.3. The van der Waals surface area contributed by atoms with E-state index in [4.69, 9.17) is 0 Å².